The molecule has 1 aromatic heterocycles. The van der Waals surface area contributed by atoms with Gasteiger partial charge < -0.3 is 9.32 Å². The Labute approximate surface area is 186 Å². The van der Waals surface area contributed by atoms with Crippen LogP contribution in [0.3, 0.4) is 0 Å². The average Bonchev–Trinajstić information content (AvgIpc) is 3.24. The molecule has 0 N–H and O–H groups in total. The first-order chi connectivity index (χ1) is 15.3. The maximum atomic E-state index is 14.2. The Bertz CT molecular complexity index is 984. The highest BCUT2D eigenvalue weighted by atomic mass is 19.1. The first kappa shape index (κ1) is 23.6. The lowest BCUT2D eigenvalue weighted by Crippen LogP contribution is -2.41. The summed E-state index contributed by atoms with van der Waals surface area (Å²) in [6, 6.07) is 13.2. The summed E-state index contributed by atoms with van der Waals surface area (Å²) >= 11 is 0. The van der Waals surface area contributed by atoms with Gasteiger partial charge in [0.25, 0.3) is 0 Å². The fourth-order valence-corrected chi connectivity index (χ4v) is 3.53. The molecule has 0 saturated heterocycles. The van der Waals surface area contributed by atoms with Crippen molar-refractivity contribution >= 4 is 5.91 Å². The number of hydrogen-bond acceptors (Lipinski definition) is 3. The van der Waals surface area contributed by atoms with Crippen LogP contribution in [0.1, 0.15) is 30.7 Å². The van der Waals surface area contributed by atoms with E-state index in [9.17, 15) is 18.0 Å². The lowest BCUT2D eigenvalue weighted by Gasteiger charge is -2.28. The third-order valence-electron chi connectivity index (χ3n) is 4.99. The molecule has 32 heavy (non-hydrogen) atoms. The lowest BCUT2D eigenvalue weighted by molar-refractivity contribution is -0.134. The third kappa shape index (κ3) is 6.72. The minimum atomic E-state index is -0.634. The summed E-state index contributed by atoms with van der Waals surface area (Å²) in [6.45, 7) is 4.89. The molecular weight excluding hydrogens is 417 g/mol. The van der Waals surface area contributed by atoms with Gasteiger partial charge in [-0.25, -0.2) is 13.2 Å². The first-order valence-electron chi connectivity index (χ1n) is 10.5. The zero-order chi connectivity index (χ0) is 23.1. The summed E-state index contributed by atoms with van der Waals surface area (Å²) in [7, 11) is 0. The van der Waals surface area contributed by atoms with Gasteiger partial charge in [-0.3, -0.25) is 9.69 Å². The van der Waals surface area contributed by atoms with Gasteiger partial charge in [0.2, 0.25) is 5.91 Å². The first-order valence-corrected chi connectivity index (χ1v) is 10.5. The van der Waals surface area contributed by atoms with Crippen molar-refractivity contribution in [2.75, 3.05) is 13.1 Å². The largest absolute Gasteiger partial charge is 0.467 e. The van der Waals surface area contributed by atoms with E-state index >= 15 is 0 Å². The second-order valence-electron chi connectivity index (χ2n) is 8.22. The lowest BCUT2D eigenvalue weighted by atomic mass is 10.1. The summed E-state index contributed by atoms with van der Waals surface area (Å²) in [5.74, 6) is -1.05. The Kier molecular flexibility index (Phi) is 8.11. The van der Waals surface area contributed by atoms with Gasteiger partial charge in [0.1, 0.15) is 23.2 Å². The van der Waals surface area contributed by atoms with E-state index < -0.39 is 11.6 Å². The molecule has 0 bridgehead atoms. The number of rotatable bonds is 10. The number of carbonyl (C=O) groups is 1. The fourth-order valence-electron chi connectivity index (χ4n) is 3.53. The Morgan fingerprint density at radius 2 is 1.59 bits per heavy atom. The molecule has 170 valence electrons. The van der Waals surface area contributed by atoms with Gasteiger partial charge in [0, 0.05) is 25.2 Å². The van der Waals surface area contributed by atoms with E-state index in [0.29, 0.717) is 12.3 Å². The van der Waals surface area contributed by atoms with Crippen LogP contribution in [0.2, 0.25) is 0 Å². The number of furan rings is 1. The molecule has 3 aromatic rings. The summed E-state index contributed by atoms with van der Waals surface area (Å²) < 4.78 is 47.1. The predicted octanol–water partition coefficient (Wildman–Crippen LogP) is 5.38. The SMILES string of the molecule is CC(C)CN(CC(=O)N(Cc1ccc(F)cc1)Cc1ccco1)Cc1c(F)cccc1F. The summed E-state index contributed by atoms with van der Waals surface area (Å²) in [4.78, 5) is 16.6. The predicted molar refractivity (Wildman–Crippen MR) is 116 cm³/mol. The number of nitrogens with zero attached hydrogens (tertiary/aromatic N) is 2. The van der Waals surface area contributed by atoms with E-state index in [0.717, 1.165) is 5.56 Å². The molecule has 1 amide bonds. The number of benzene rings is 2. The number of amides is 1. The van der Waals surface area contributed by atoms with E-state index in [1.807, 2.05) is 13.8 Å². The molecule has 0 aliphatic heterocycles. The van der Waals surface area contributed by atoms with Crippen LogP contribution < -0.4 is 0 Å². The van der Waals surface area contributed by atoms with Crippen LogP contribution >= 0.6 is 0 Å². The van der Waals surface area contributed by atoms with Crippen LogP contribution in [0.25, 0.3) is 0 Å². The highest BCUT2D eigenvalue weighted by Crippen LogP contribution is 2.17. The normalized spacial score (nSPS) is 11.3. The van der Waals surface area contributed by atoms with Gasteiger partial charge in [-0.15, -0.1) is 0 Å². The van der Waals surface area contributed by atoms with Gasteiger partial charge in [-0.2, -0.15) is 0 Å². The van der Waals surface area contributed by atoms with Crippen molar-refractivity contribution in [3.05, 3.63) is 95.2 Å². The standard InChI is InChI=1S/C25H27F3N2O2/c1-18(2)13-29(16-22-23(27)6-3-7-24(22)28)17-25(31)30(15-21-5-4-12-32-21)14-19-8-10-20(26)11-9-19/h3-12,18H,13-17H2,1-2H3. The minimum absolute atomic E-state index is 0.0200. The van der Waals surface area contributed by atoms with Crippen molar-refractivity contribution < 1.29 is 22.4 Å². The van der Waals surface area contributed by atoms with Crippen molar-refractivity contribution in [1.29, 1.82) is 0 Å². The molecule has 2 aromatic carbocycles. The van der Waals surface area contributed by atoms with Crippen LogP contribution in [-0.2, 0) is 24.4 Å². The zero-order valence-corrected chi connectivity index (χ0v) is 18.2. The van der Waals surface area contributed by atoms with Crippen molar-refractivity contribution in [3.63, 3.8) is 0 Å². The van der Waals surface area contributed by atoms with E-state index in [1.165, 1.54) is 36.6 Å². The third-order valence-corrected chi connectivity index (χ3v) is 4.99. The maximum Gasteiger partial charge on any atom is 0.237 e. The molecule has 0 spiro atoms. The molecule has 0 aliphatic carbocycles. The summed E-state index contributed by atoms with van der Waals surface area (Å²) in [6.07, 6.45) is 1.53. The van der Waals surface area contributed by atoms with E-state index in [-0.39, 0.29) is 49.4 Å². The Morgan fingerprint density at radius 3 is 2.19 bits per heavy atom. The molecule has 0 aliphatic rings. The minimum Gasteiger partial charge on any atom is -0.467 e. The van der Waals surface area contributed by atoms with Crippen LogP contribution in [0.5, 0.6) is 0 Å². The smallest absolute Gasteiger partial charge is 0.237 e. The second-order valence-corrected chi connectivity index (χ2v) is 8.22. The van der Waals surface area contributed by atoms with E-state index in [4.69, 9.17) is 4.42 Å². The monoisotopic (exact) mass is 444 g/mol. The van der Waals surface area contributed by atoms with Crippen molar-refractivity contribution in [3.8, 4) is 0 Å². The number of carbonyl (C=O) groups excluding carboxylic acids is 1. The Morgan fingerprint density at radius 1 is 0.906 bits per heavy atom. The molecule has 7 heteroatoms. The fraction of sp³-hybridized carbons (Fsp3) is 0.320. The highest BCUT2D eigenvalue weighted by Gasteiger charge is 2.22. The molecule has 4 nitrogen and oxygen atoms in total. The van der Waals surface area contributed by atoms with Crippen molar-refractivity contribution in [1.82, 2.24) is 9.80 Å². The zero-order valence-electron chi connectivity index (χ0n) is 18.2. The molecule has 0 atom stereocenters. The Hall–Kier alpha value is -3.06. The van der Waals surface area contributed by atoms with Crippen LogP contribution in [0.15, 0.2) is 65.3 Å². The maximum absolute atomic E-state index is 14.2. The molecule has 0 radical (unpaired) electrons. The van der Waals surface area contributed by atoms with Crippen LogP contribution in [-0.4, -0.2) is 28.8 Å². The van der Waals surface area contributed by atoms with Crippen LogP contribution in [0, 0.1) is 23.4 Å². The molecule has 0 fully saturated rings. The second kappa shape index (κ2) is 11.0. The Balaban J connectivity index is 1.79. The quantitative estimate of drug-likeness (QED) is 0.421. The van der Waals surface area contributed by atoms with Crippen molar-refractivity contribution in [2.45, 2.75) is 33.5 Å². The highest BCUT2D eigenvalue weighted by molar-refractivity contribution is 5.78. The van der Waals surface area contributed by atoms with Gasteiger partial charge in [0.15, 0.2) is 0 Å². The van der Waals surface area contributed by atoms with E-state index in [1.54, 1.807) is 34.1 Å². The molecular formula is C25H27F3N2O2. The molecule has 3 rings (SSSR count). The van der Waals surface area contributed by atoms with E-state index in [2.05, 4.69) is 0 Å². The topological polar surface area (TPSA) is 36.7 Å². The van der Waals surface area contributed by atoms with Gasteiger partial charge in [-0.1, -0.05) is 32.0 Å². The molecule has 1 heterocycles. The number of halogens is 3. The average molecular weight is 444 g/mol. The van der Waals surface area contributed by atoms with Gasteiger partial charge in [0.05, 0.1) is 19.4 Å². The van der Waals surface area contributed by atoms with Crippen molar-refractivity contribution in [2.24, 2.45) is 5.92 Å². The van der Waals surface area contributed by atoms with Gasteiger partial charge in [-0.05, 0) is 47.9 Å². The molecule has 0 unspecified atom stereocenters. The van der Waals surface area contributed by atoms with Gasteiger partial charge >= 0.3 is 0 Å². The summed E-state index contributed by atoms with van der Waals surface area (Å²) in [5.41, 5.74) is 0.707. The number of hydrogen-bond donors (Lipinski definition) is 0. The summed E-state index contributed by atoms with van der Waals surface area (Å²) in [5, 5.41) is 0. The van der Waals surface area contributed by atoms with Crippen LogP contribution in [0.4, 0.5) is 13.2 Å². The molecule has 0 saturated carbocycles.